The average Bonchev–Trinajstić information content (AvgIpc) is 3.52. The van der Waals surface area contributed by atoms with Crippen LogP contribution in [0.1, 0.15) is 0 Å². The van der Waals surface area contributed by atoms with Gasteiger partial charge in [0.05, 0.1) is 22.4 Å². The van der Waals surface area contributed by atoms with Crippen LogP contribution < -0.4 is 0 Å². The molecule has 49 heavy (non-hydrogen) atoms. The number of rotatable bonds is 6. The number of nitrogens with zero attached hydrogens (tertiary/aromatic N) is 5. The van der Waals surface area contributed by atoms with Crippen molar-refractivity contribution in [3.05, 3.63) is 176 Å². The van der Waals surface area contributed by atoms with Crippen molar-refractivity contribution < 1.29 is 0 Å². The van der Waals surface area contributed by atoms with Gasteiger partial charge in [0.25, 0.3) is 0 Å². The molecule has 0 saturated carbocycles. The lowest BCUT2D eigenvalue weighted by atomic mass is 10.0. The molecular formula is C44H29N5. The second-order valence-corrected chi connectivity index (χ2v) is 11.9. The summed E-state index contributed by atoms with van der Waals surface area (Å²) < 4.78 is 2.35. The predicted octanol–water partition coefficient (Wildman–Crippen LogP) is 10.7. The molecule has 0 atom stereocenters. The number of benzene rings is 6. The minimum Gasteiger partial charge on any atom is -0.308 e. The molecular weight excluding hydrogens is 599 g/mol. The first-order chi connectivity index (χ1) is 24.3. The molecule has 9 rings (SSSR count). The molecule has 0 aliphatic rings. The van der Waals surface area contributed by atoms with Gasteiger partial charge in [-0.25, -0.2) is 15.0 Å². The van der Waals surface area contributed by atoms with Gasteiger partial charge in [0.15, 0.2) is 17.5 Å². The number of para-hydroxylation sites is 1. The Morgan fingerprint density at radius 2 is 0.939 bits per heavy atom. The molecule has 5 nitrogen and oxygen atoms in total. The minimum absolute atomic E-state index is 0.589. The van der Waals surface area contributed by atoms with Gasteiger partial charge in [-0.2, -0.15) is 0 Å². The van der Waals surface area contributed by atoms with Gasteiger partial charge < -0.3 is 4.57 Å². The Morgan fingerprint density at radius 1 is 0.367 bits per heavy atom. The maximum Gasteiger partial charge on any atom is 0.166 e. The van der Waals surface area contributed by atoms with Gasteiger partial charge in [-0.05, 0) is 47.5 Å². The van der Waals surface area contributed by atoms with Crippen LogP contribution in [0, 0.1) is 0 Å². The van der Waals surface area contributed by atoms with Crippen molar-refractivity contribution in [1.82, 2.24) is 24.5 Å². The summed E-state index contributed by atoms with van der Waals surface area (Å²) in [5.41, 5.74) is 10.1. The first kappa shape index (κ1) is 28.5. The molecule has 0 bridgehead atoms. The lowest BCUT2D eigenvalue weighted by molar-refractivity contribution is 1.06. The van der Waals surface area contributed by atoms with Crippen LogP contribution in [0.25, 0.3) is 84.0 Å². The standard InChI is InChI=1S/C44H29N5/c1-4-14-30(15-5-1)33-23-25-36-35-20-10-11-22-39(35)49(41(36)29-33)40-26-24-34(38-21-12-13-27-45-38)28-37(40)44-47-42(31-16-6-2-7-17-31)46-43(48-44)32-18-8-3-9-19-32/h1-29H. The smallest absolute Gasteiger partial charge is 0.166 e. The third-order valence-corrected chi connectivity index (χ3v) is 8.92. The molecule has 230 valence electrons. The molecule has 0 spiro atoms. The summed E-state index contributed by atoms with van der Waals surface area (Å²) in [4.78, 5) is 20.0. The SMILES string of the molecule is c1ccc(-c2ccc3c4ccccc4n(-c4ccc(-c5ccccn5)cc4-c4nc(-c5ccccc5)nc(-c5ccccc5)n4)c3c2)cc1. The number of fused-ring (bicyclic) bond motifs is 3. The van der Waals surface area contributed by atoms with Crippen LogP contribution in [0.5, 0.6) is 0 Å². The monoisotopic (exact) mass is 627 g/mol. The Hall–Kier alpha value is -6.72. The quantitative estimate of drug-likeness (QED) is 0.184. The van der Waals surface area contributed by atoms with Gasteiger partial charge in [0.1, 0.15) is 0 Å². The molecule has 0 unspecified atom stereocenters. The molecule has 9 aromatic rings. The topological polar surface area (TPSA) is 56.5 Å². The zero-order chi connectivity index (χ0) is 32.6. The van der Waals surface area contributed by atoms with Gasteiger partial charge in [-0.3, -0.25) is 4.98 Å². The molecule has 3 aromatic heterocycles. The molecule has 6 aromatic carbocycles. The zero-order valence-electron chi connectivity index (χ0n) is 26.5. The maximum absolute atomic E-state index is 5.17. The molecule has 0 aliphatic carbocycles. The van der Waals surface area contributed by atoms with E-state index >= 15 is 0 Å². The molecule has 0 amide bonds. The summed E-state index contributed by atoms with van der Waals surface area (Å²) in [5.74, 6) is 1.82. The van der Waals surface area contributed by atoms with Crippen LogP contribution in [-0.4, -0.2) is 24.5 Å². The van der Waals surface area contributed by atoms with Gasteiger partial charge in [-0.1, -0.05) is 133 Å². The summed E-state index contributed by atoms with van der Waals surface area (Å²) in [6, 6.07) is 58.5. The van der Waals surface area contributed by atoms with Crippen LogP contribution in [0.3, 0.4) is 0 Å². The van der Waals surface area contributed by atoms with Crippen molar-refractivity contribution in [2.24, 2.45) is 0 Å². The summed E-state index contributed by atoms with van der Waals surface area (Å²) in [5, 5.41) is 2.36. The van der Waals surface area contributed by atoms with Crippen LogP contribution in [-0.2, 0) is 0 Å². The highest BCUT2D eigenvalue weighted by Crippen LogP contribution is 2.39. The van der Waals surface area contributed by atoms with Crippen molar-refractivity contribution in [2.45, 2.75) is 0 Å². The van der Waals surface area contributed by atoms with Crippen LogP contribution in [0.2, 0.25) is 0 Å². The largest absolute Gasteiger partial charge is 0.308 e. The Balaban J connectivity index is 1.36. The van der Waals surface area contributed by atoms with E-state index in [0.717, 1.165) is 50.2 Å². The first-order valence-electron chi connectivity index (χ1n) is 16.3. The highest BCUT2D eigenvalue weighted by Gasteiger charge is 2.21. The molecule has 0 fully saturated rings. The van der Waals surface area contributed by atoms with E-state index in [0.29, 0.717) is 17.5 Å². The van der Waals surface area contributed by atoms with E-state index in [2.05, 4.69) is 95.6 Å². The van der Waals surface area contributed by atoms with Crippen LogP contribution in [0.4, 0.5) is 0 Å². The number of hydrogen-bond acceptors (Lipinski definition) is 4. The summed E-state index contributed by atoms with van der Waals surface area (Å²) >= 11 is 0. The van der Waals surface area contributed by atoms with Crippen LogP contribution >= 0.6 is 0 Å². The van der Waals surface area contributed by atoms with E-state index in [1.807, 2.05) is 85.1 Å². The van der Waals surface area contributed by atoms with Crippen LogP contribution in [0.15, 0.2) is 176 Å². The normalized spacial score (nSPS) is 11.3. The fourth-order valence-electron chi connectivity index (χ4n) is 6.57. The Morgan fingerprint density at radius 3 is 1.61 bits per heavy atom. The molecule has 5 heteroatoms. The fourth-order valence-corrected chi connectivity index (χ4v) is 6.57. The molecule has 3 heterocycles. The van der Waals surface area contributed by atoms with Crippen molar-refractivity contribution >= 4 is 21.8 Å². The number of hydrogen-bond donors (Lipinski definition) is 0. The van der Waals surface area contributed by atoms with E-state index < -0.39 is 0 Å². The highest BCUT2D eigenvalue weighted by molar-refractivity contribution is 6.10. The van der Waals surface area contributed by atoms with E-state index in [1.165, 1.54) is 16.3 Å². The lowest BCUT2D eigenvalue weighted by Crippen LogP contribution is -2.04. The maximum atomic E-state index is 5.17. The predicted molar refractivity (Wildman–Crippen MR) is 199 cm³/mol. The number of aromatic nitrogens is 5. The molecule has 0 radical (unpaired) electrons. The van der Waals surface area contributed by atoms with Gasteiger partial charge in [0.2, 0.25) is 0 Å². The number of pyridine rings is 1. The second-order valence-electron chi connectivity index (χ2n) is 11.9. The highest BCUT2D eigenvalue weighted by atomic mass is 15.1. The van der Waals surface area contributed by atoms with E-state index in [-0.39, 0.29) is 0 Å². The third kappa shape index (κ3) is 5.24. The fraction of sp³-hybridized carbons (Fsp3) is 0. The van der Waals surface area contributed by atoms with Crippen molar-refractivity contribution in [1.29, 1.82) is 0 Å². The second kappa shape index (κ2) is 12.1. The van der Waals surface area contributed by atoms with Gasteiger partial charge in [-0.15, -0.1) is 0 Å². The van der Waals surface area contributed by atoms with Gasteiger partial charge >= 0.3 is 0 Å². The minimum atomic E-state index is 0.589. The Bertz CT molecular complexity index is 2520. The molecule has 0 aliphatic heterocycles. The summed E-state index contributed by atoms with van der Waals surface area (Å²) in [6.45, 7) is 0. The third-order valence-electron chi connectivity index (χ3n) is 8.92. The molecule has 0 N–H and O–H groups in total. The molecule has 0 saturated heterocycles. The van der Waals surface area contributed by atoms with Crippen molar-refractivity contribution in [3.8, 4) is 62.2 Å². The first-order valence-corrected chi connectivity index (χ1v) is 16.3. The van der Waals surface area contributed by atoms with E-state index in [4.69, 9.17) is 19.9 Å². The summed E-state index contributed by atoms with van der Waals surface area (Å²) in [6.07, 6.45) is 1.82. The van der Waals surface area contributed by atoms with E-state index in [1.54, 1.807) is 0 Å². The summed E-state index contributed by atoms with van der Waals surface area (Å²) in [7, 11) is 0. The lowest BCUT2D eigenvalue weighted by Gasteiger charge is -2.16. The van der Waals surface area contributed by atoms with Crippen molar-refractivity contribution in [2.75, 3.05) is 0 Å². The van der Waals surface area contributed by atoms with Gasteiger partial charge in [0, 0.05) is 39.2 Å². The Labute approximate surface area is 283 Å². The van der Waals surface area contributed by atoms with Crippen molar-refractivity contribution in [3.63, 3.8) is 0 Å². The van der Waals surface area contributed by atoms with E-state index in [9.17, 15) is 0 Å². The zero-order valence-corrected chi connectivity index (χ0v) is 26.5. The average molecular weight is 628 g/mol. The Kier molecular flexibility index (Phi) is 7.06.